The number of hydrogen-bond acceptors (Lipinski definition) is 2. The molecule has 1 aliphatic carbocycles. The molecule has 18 heavy (non-hydrogen) atoms. The summed E-state index contributed by atoms with van der Waals surface area (Å²) < 4.78 is 13.6. The average molecular weight is 250 g/mol. The second-order valence-corrected chi connectivity index (χ2v) is 5.13. The predicted molar refractivity (Wildman–Crippen MR) is 68.8 cm³/mol. The summed E-state index contributed by atoms with van der Waals surface area (Å²) in [7, 11) is 0. The third-order valence-corrected chi connectivity index (χ3v) is 3.50. The fourth-order valence-electron chi connectivity index (χ4n) is 2.44. The molecule has 1 amide bonds. The summed E-state index contributed by atoms with van der Waals surface area (Å²) in [5.74, 6) is -0.374. The average Bonchev–Trinajstić information content (AvgIpc) is 2.72. The predicted octanol–water partition coefficient (Wildman–Crippen LogP) is 1.99. The van der Waals surface area contributed by atoms with Crippen molar-refractivity contribution in [2.24, 2.45) is 11.7 Å². The van der Waals surface area contributed by atoms with Gasteiger partial charge in [0, 0.05) is 12.6 Å². The van der Waals surface area contributed by atoms with Crippen molar-refractivity contribution in [3.8, 4) is 0 Å². The van der Waals surface area contributed by atoms with Crippen LogP contribution < -0.4 is 11.1 Å². The molecule has 3 N–H and O–H groups in total. The summed E-state index contributed by atoms with van der Waals surface area (Å²) in [5, 5.41) is 2.79. The maximum Gasteiger partial charge on any atom is 0.254 e. The number of nitrogens with one attached hydrogen (secondary N) is 1. The lowest BCUT2D eigenvalue weighted by Gasteiger charge is -2.11. The van der Waals surface area contributed by atoms with E-state index in [1.54, 1.807) is 13.0 Å². The highest BCUT2D eigenvalue weighted by molar-refractivity contribution is 5.94. The topological polar surface area (TPSA) is 55.1 Å². The number of benzene rings is 1. The molecule has 0 aromatic heterocycles. The lowest BCUT2D eigenvalue weighted by molar-refractivity contribution is 0.0943. The Morgan fingerprint density at radius 2 is 2.28 bits per heavy atom. The first-order chi connectivity index (χ1) is 8.56. The largest absolute Gasteiger partial charge is 0.352 e. The van der Waals surface area contributed by atoms with E-state index in [9.17, 15) is 9.18 Å². The summed E-state index contributed by atoms with van der Waals surface area (Å²) in [4.78, 5) is 11.8. The summed E-state index contributed by atoms with van der Waals surface area (Å²) in [6, 6.07) is 4.90. The molecule has 0 radical (unpaired) electrons. The van der Waals surface area contributed by atoms with Gasteiger partial charge in [-0.2, -0.15) is 0 Å². The lowest BCUT2D eigenvalue weighted by Crippen LogP contribution is -2.29. The van der Waals surface area contributed by atoms with E-state index in [4.69, 9.17) is 5.73 Å². The molecule has 0 bridgehead atoms. The first kappa shape index (κ1) is 13.0. The molecule has 1 saturated carbocycles. The van der Waals surface area contributed by atoms with Gasteiger partial charge in [-0.3, -0.25) is 4.79 Å². The van der Waals surface area contributed by atoms with Crippen LogP contribution in [0.1, 0.15) is 35.2 Å². The van der Waals surface area contributed by atoms with Gasteiger partial charge in [-0.25, -0.2) is 4.39 Å². The van der Waals surface area contributed by atoms with Gasteiger partial charge in [0.15, 0.2) is 0 Å². The van der Waals surface area contributed by atoms with Crippen LogP contribution in [0.4, 0.5) is 4.39 Å². The van der Waals surface area contributed by atoms with Crippen LogP contribution in [0.5, 0.6) is 0 Å². The van der Waals surface area contributed by atoms with Crippen molar-refractivity contribution < 1.29 is 9.18 Å². The van der Waals surface area contributed by atoms with Crippen LogP contribution in [0.25, 0.3) is 0 Å². The summed E-state index contributed by atoms with van der Waals surface area (Å²) in [6.45, 7) is 2.38. The normalized spacial score (nSPS) is 23.1. The maximum atomic E-state index is 13.6. The van der Waals surface area contributed by atoms with E-state index < -0.39 is 5.82 Å². The van der Waals surface area contributed by atoms with Crippen LogP contribution in [0.3, 0.4) is 0 Å². The minimum Gasteiger partial charge on any atom is -0.352 e. The van der Waals surface area contributed by atoms with E-state index in [1.165, 1.54) is 12.1 Å². The second-order valence-electron chi connectivity index (χ2n) is 5.13. The number of carbonyl (C=O) groups excluding carboxylic acids is 1. The van der Waals surface area contributed by atoms with Gasteiger partial charge in [0.2, 0.25) is 0 Å². The van der Waals surface area contributed by atoms with E-state index in [0.717, 1.165) is 24.8 Å². The van der Waals surface area contributed by atoms with Gasteiger partial charge in [0.1, 0.15) is 5.82 Å². The van der Waals surface area contributed by atoms with Gasteiger partial charge >= 0.3 is 0 Å². The van der Waals surface area contributed by atoms with Crippen LogP contribution in [0.15, 0.2) is 18.2 Å². The van der Waals surface area contributed by atoms with Crippen LogP contribution in [-0.4, -0.2) is 18.5 Å². The first-order valence-corrected chi connectivity index (χ1v) is 6.36. The zero-order valence-electron chi connectivity index (χ0n) is 10.6. The lowest BCUT2D eigenvalue weighted by atomic mass is 10.1. The molecule has 0 spiro atoms. The fourth-order valence-corrected chi connectivity index (χ4v) is 2.44. The minimum absolute atomic E-state index is 0.114. The molecule has 2 unspecified atom stereocenters. The Morgan fingerprint density at radius 3 is 2.89 bits per heavy atom. The molecular weight excluding hydrogens is 231 g/mol. The molecule has 0 heterocycles. The number of hydrogen-bond donors (Lipinski definition) is 2. The smallest absolute Gasteiger partial charge is 0.254 e. The second kappa shape index (κ2) is 5.48. The van der Waals surface area contributed by atoms with Crippen molar-refractivity contribution in [3.05, 3.63) is 35.1 Å². The van der Waals surface area contributed by atoms with Gasteiger partial charge in [-0.1, -0.05) is 6.07 Å². The maximum absolute atomic E-state index is 13.6. The summed E-state index contributed by atoms with van der Waals surface area (Å²) in [5.41, 5.74) is 6.74. The highest BCUT2D eigenvalue weighted by atomic mass is 19.1. The van der Waals surface area contributed by atoms with Crippen molar-refractivity contribution in [2.75, 3.05) is 6.54 Å². The molecule has 3 nitrogen and oxygen atoms in total. The summed E-state index contributed by atoms with van der Waals surface area (Å²) >= 11 is 0. The first-order valence-electron chi connectivity index (χ1n) is 6.36. The standard InChI is InChI=1S/C14H19FN2O/c1-9-2-5-12(13(15)6-9)14(18)17-8-10-3-4-11(16)7-10/h2,5-6,10-11H,3-4,7-8,16H2,1H3,(H,17,18). The zero-order chi connectivity index (χ0) is 13.1. The Balaban J connectivity index is 1.91. The molecule has 1 aromatic rings. The van der Waals surface area contributed by atoms with E-state index in [-0.39, 0.29) is 17.5 Å². The highest BCUT2D eigenvalue weighted by Gasteiger charge is 2.22. The number of rotatable bonds is 3. The monoisotopic (exact) mass is 250 g/mol. The molecule has 0 aliphatic heterocycles. The third-order valence-electron chi connectivity index (χ3n) is 3.50. The number of aryl methyl sites for hydroxylation is 1. The summed E-state index contributed by atoms with van der Waals surface area (Å²) in [6.07, 6.45) is 2.99. The molecule has 0 saturated heterocycles. The minimum atomic E-state index is -0.462. The molecular formula is C14H19FN2O. The fraction of sp³-hybridized carbons (Fsp3) is 0.500. The number of nitrogens with two attached hydrogens (primary N) is 1. The Kier molecular flexibility index (Phi) is 3.97. The molecule has 2 rings (SSSR count). The van der Waals surface area contributed by atoms with E-state index in [0.29, 0.717) is 12.5 Å². The van der Waals surface area contributed by atoms with Gasteiger partial charge in [-0.05, 0) is 49.8 Å². The van der Waals surface area contributed by atoms with Gasteiger partial charge in [0.05, 0.1) is 5.56 Å². The Bertz CT molecular complexity index is 447. The quantitative estimate of drug-likeness (QED) is 0.862. The van der Waals surface area contributed by atoms with Gasteiger partial charge in [0.25, 0.3) is 5.91 Å². The zero-order valence-corrected chi connectivity index (χ0v) is 10.6. The molecule has 4 heteroatoms. The number of carbonyl (C=O) groups is 1. The van der Waals surface area contributed by atoms with Crippen LogP contribution >= 0.6 is 0 Å². The number of amides is 1. The van der Waals surface area contributed by atoms with Gasteiger partial charge < -0.3 is 11.1 Å². The van der Waals surface area contributed by atoms with Crippen molar-refractivity contribution in [2.45, 2.75) is 32.2 Å². The Hall–Kier alpha value is -1.42. The molecule has 98 valence electrons. The SMILES string of the molecule is Cc1ccc(C(=O)NCC2CCC(N)C2)c(F)c1. The van der Waals surface area contributed by atoms with Crippen molar-refractivity contribution in [1.29, 1.82) is 0 Å². The molecule has 2 atom stereocenters. The highest BCUT2D eigenvalue weighted by Crippen LogP contribution is 2.23. The van der Waals surface area contributed by atoms with Crippen molar-refractivity contribution >= 4 is 5.91 Å². The molecule has 1 aliphatic rings. The Morgan fingerprint density at radius 1 is 1.50 bits per heavy atom. The Labute approximate surface area is 107 Å². The third kappa shape index (κ3) is 3.07. The van der Waals surface area contributed by atoms with Crippen LogP contribution in [0.2, 0.25) is 0 Å². The van der Waals surface area contributed by atoms with Crippen LogP contribution in [-0.2, 0) is 0 Å². The molecule has 1 aromatic carbocycles. The van der Waals surface area contributed by atoms with E-state index in [1.807, 2.05) is 0 Å². The number of halogens is 1. The van der Waals surface area contributed by atoms with Crippen LogP contribution in [0, 0.1) is 18.7 Å². The van der Waals surface area contributed by atoms with E-state index in [2.05, 4.69) is 5.32 Å². The van der Waals surface area contributed by atoms with Gasteiger partial charge in [-0.15, -0.1) is 0 Å². The molecule has 1 fully saturated rings. The van der Waals surface area contributed by atoms with E-state index >= 15 is 0 Å². The van der Waals surface area contributed by atoms with Crippen molar-refractivity contribution in [1.82, 2.24) is 5.32 Å². The van der Waals surface area contributed by atoms with Crippen molar-refractivity contribution in [3.63, 3.8) is 0 Å².